The van der Waals surface area contributed by atoms with Gasteiger partial charge in [0.05, 0.1) is 41.3 Å². The fourth-order valence-corrected chi connectivity index (χ4v) is 7.20. The number of benzene rings is 2. The first-order chi connectivity index (χ1) is 23.0. The number of nitrogens with one attached hydrogen (secondary N) is 1. The van der Waals surface area contributed by atoms with Gasteiger partial charge in [-0.2, -0.15) is 4.98 Å². The molecule has 4 aromatic rings. The molecule has 0 saturated heterocycles. The standard InChI is InChI=1S/C36H43N7O4S/c1-23(2)20-42(5)32-19-37-18-28(38-32)21-43-29(15-14-26-12-13-26)22-47-33-17-31(34-24(3)8-6-9-25(34)4)39-36(40-33)41-48(45,46)30-11-7-10-27(16-30)35(43)44/h6-11,16-19,23,26,29H,12-15,20-22H2,1-5H3,(H,39,40,41)/t29-/m1/s1. The van der Waals surface area contributed by atoms with Crippen LogP contribution in [0.2, 0.25) is 0 Å². The van der Waals surface area contributed by atoms with Gasteiger partial charge in [-0.05, 0) is 67.9 Å². The maximum absolute atomic E-state index is 14.4. The highest BCUT2D eigenvalue weighted by molar-refractivity contribution is 7.92. The van der Waals surface area contributed by atoms with E-state index in [4.69, 9.17) is 9.72 Å². The summed E-state index contributed by atoms with van der Waals surface area (Å²) in [6, 6.07) is 13.4. The van der Waals surface area contributed by atoms with Gasteiger partial charge in [0.25, 0.3) is 15.9 Å². The molecular weight excluding hydrogens is 627 g/mol. The molecule has 12 heteroatoms. The zero-order valence-corrected chi connectivity index (χ0v) is 29.0. The summed E-state index contributed by atoms with van der Waals surface area (Å²) in [5, 5.41) is 0. The molecule has 2 aromatic carbocycles. The van der Waals surface area contributed by atoms with Crippen LogP contribution in [0.15, 0.2) is 65.8 Å². The number of ether oxygens (including phenoxy) is 1. The van der Waals surface area contributed by atoms with Crippen LogP contribution in [0.25, 0.3) is 11.3 Å². The van der Waals surface area contributed by atoms with Crippen molar-refractivity contribution in [3.05, 3.63) is 83.3 Å². The van der Waals surface area contributed by atoms with Crippen LogP contribution in [-0.4, -0.2) is 65.4 Å². The van der Waals surface area contributed by atoms with Gasteiger partial charge in [-0.25, -0.2) is 23.1 Å². The van der Waals surface area contributed by atoms with Crippen molar-refractivity contribution in [2.75, 3.05) is 29.8 Å². The van der Waals surface area contributed by atoms with Gasteiger partial charge in [0.2, 0.25) is 11.8 Å². The van der Waals surface area contributed by atoms with Crippen LogP contribution in [0, 0.1) is 25.7 Å². The molecule has 1 saturated carbocycles. The molecule has 0 spiro atoms. The fourth-order valence-electron chi connectivity index (χ4n) is 6.22. The molecule has 2 aliphatic rings. The average molecular weight is 670 g/mol. The topological polar surface area (TPSA) is 131 Å². The third kappa shape index (κ3) is 7.75. The summed E-state index contributed by atoms with van der Waals surface area (Å²) in [5.74, 6) is 1.57. The van der Waals surface area contributed by atoms with Crippen molar-refractivity contribution >= 4 is 27.7 Å². The van der Waals surface area contributed by atoms with Crippen molar-refractivity contribution in [1.82, 2.24) is 24.8 Å². The number of carbonyl (C=O) groups is 1. The van der Waals surface area contributed by atoms with Crippen molar-refractivity contribution in [2.45, 2.75) is 70.9 Å². The van der Waals surface area contributed by atoms with Crippen LogP contribution in [0.4, 0.5) is 11.8 Å². The second kappa shape index (κ2) is 13.9. The van der Waals surface area contributed by atoms with Gasteiger partial charge in [-0.1, -0.05) is 51.0 Å². The summed E-state index contributed by atoms with van der Waals surface area (Å²) < 4.78 is 36.3. The van der Waals surface area contributed by atoms with E-state index in [9.17, 15) is 13.2 Å². The Kier molecular flexibility index (Phi) is 9.63. The Bertz CT molecular complexity index is 1890. The van der Waals surface area contributed by atoms with Gasteiger partial charge in [-0.15, -0.1) is 0 Å². The van der Waals surface area contributed by atoms with E-state index in [1.807, 2.05) is 39.1 Å². The zero-order chi connectivity index (χ0) is 34.0. The number of rotatable bonds is 9. The first-order valence-electron chi connectivity index (χ1n) is 16.5. The van der Waals surface area contributed by atoms with Crippen molar-refractivity contribution in [3.8, 4) is 17.1 Å². The van der Waals surface area contributed by atoms with Gasteiger partial charge in [0.15, 0.2) is 0 Å². The van der Waals surface area contributed by atoms with Gasteiger partial charge in [0, 0.05) is 30.8 Å². The maximum Gasteiger partial charge on any atom is 0.264 e. The number of hydrogen-bond acceptors (Lipinski definition) is 9. The molecule has 3 heterocycles. The molecule has 11 nitrogen and oxygen atoms in total. The minimum Gasteiger partial charge on any atom is -0.475 e. The molecule has 48 heavy (non-hydrogen) atoms. The van der Waals surface area contributed by atoms with Gasteiger partial charge in [0.1, 0.15) is 12.4 Å². The molecule has 1 aliphatic carbocycles. The van der Waals surface area contributed by atoms with Crippen molar-refractivity contribution in [2.24, 2.45) is 11.8 Å². The normalized spacial score (nSPS) is 17.5. The van der Waals surface area contributed by atoms with Crippen LogP contribution < -0.4 is 14.4 Å². The number of amides is 1. The Morgan fingerprint density at radius 3 is 2.48 bits per heavy atom. The summed E-state index contributed by atoms with van der Waals surface area (Å²) in [7, 11) is -2.18. The van der Waals surface area contributed by atoms with Crippen LogP contribution in [-0.2, 0) is 16.6 Å². The number of carbonyl (C=O) groups excluding carboxylic acids is 1. The molecule has 6 rings (SSSR count). The predicted octanol–water partition coefficient (Wildman–Crippen LogP) is 6.04. The Morgan fingerprint density at radius 2 is 1.75 bits per heavy atom. The monoisotopic (exact) mass is 669 g/mol. The number of hydrogen-bond donors (Lipinski definition) is 1. The van der Waals surface area contributed by atoms with E-state index in [1.165, 1.54) is 25.0 Å². The number of aryl methyl sites for hydroxylation is 2. The van der Waals surface area contributed by atoms with Gasteiger partial charge < -0.3 is 14.5 Å². The highest BCUT2D eigenvalue weighted by Gasteiger charge is 2.31. The van der Waals surface area contributed by atoms with Crippen molar-refractivity contribution < 1.29 is 17.9 Å². The Hall–Kier alpha value is -4.58. The molecule has 4 bridgehead atoms. The molecule has 1 aliphatic heterocycles. The fraction of sp³-hybridized carbons (Fsp3) is 0.417. The van der Waals surface area contributed by atoms with Crippen LogP contribution >= 0.6 is 0 Å². The number of anilines is 2. The first-order valence-corrected chi connectivity index (χ1v) is 18.0. The predicted molar refractivity (Wildman–Crippen MR) is 185 cm³/mol. The largest absolute Gasteiger partial charge is 0.475 e. The molecule has 1 atom stereocenters. The second-order valence-electron chi connectivity index (χ2n) is 13.4. The molecule has 1 N–H and O–H groups in total. The Balaban J connectivity index is 1.44. The lowest BCUT2D eigenvalue weighted by Gasteiger charge is -2.32. The van der Waals surface area contributed by atoms with E-state index < -0.39 is 10.0 Å². The lowest BCUT2D eigenvalue weighted by molar-refractivity contribution is 0.0564. The molecule has 0 radical (unpaired) electrons. The SMILES string of the molecule is Cc1cccc(C)c1-c1cc2nc(n1)NS(=O)(=O)c1cccc(c1)C(=O)N(Cc1cncc(N(C)CC(C)C)n1)[C@H](CCC1CC1)CO2. The van der Waals surface area contributed by atoms with Crippen molar-refractivity contribution in [1.29, 1.82) is 0 Å². The summed E-state index contributed by atoms with van der Waals surface area (Å²) in [5.41, 5.74) is 4.26. The Labute approximate surface area is 282 Å². The number of nitrogens with zero attached hydrogens (tertiary/aromatic N) is 6. The molecule has 2 aromatic heterocycles. The van der Waals surface area contributed by atoms with Gasteiger partial charge in [-0.3, -0.25) is 9.78 Å². The van der Waals surface area contributed by atoms with Crippen LogP contribution in [0.3, 0.4) is 0 Å². The van der Waals surface area contributed by atoms with E-state index in [0.29, 0.717) is 29.6 Å². The highest BCUT2D eigenvalue weighted by Crippen LogP contribution is 2.35. The number of aromatic nitrogens is 4. The third-order valence-corrected chi connectivity index (χ3v) is 10.1. The zero-order valence-electron chi connectivity index (χ0n) is 28.2. The van der Waals surface area contributed by atoms with Crippen molar-refractivity contribution in [3.63, 3.8) is 0 Å². The summed E-state index contributed by atoms with van der Waals surface area (Å²) in [4.78, 5) is 36.6. The van der Waals surface area contributed by atoms with Crippen LogP contribution in [0.5, 0.6) is 5.88 Å². The summed E-state index contributed by atoms with van der Waals surface area (Å²) >= 11 is 0. The summed E-state index contributed by atoms with van der Waals surface area (Å²) in [6.07, 6.45) is 7.41. The van der Waals surface area contributed by atoms with E-state index in [-0.39, 0.29) is 47.4 Å². The summed E-state index contributed by atoms with van der Waals surface area (Å²) in [6.45, 7) is 9.38. The minimum atomic E-state index is -4.16. The molecule has 1 fully saturated rings. The van der Waals surface area contributed by atoms with E-state index in [0.717, 1.165) is 35.5 Å². The smallest absolute Gasteiger partial charge is 0.264 e. The quantitative estimate of drug-likeness (QED) is 0.227. The maximum atomic E-state index is 14.4. The Morgan fingerprint density at radius 1 is 1.00 bits per heavy atom. The number of fused-ring (bicyclic) bond motifs is 4. The third-order valence-electron chi connectivity index (χ3n) is 8.82. The number of sulfonamides is 1. The molecule has 252 valence electrons. The highest BCUT2D eigenvalue weighted by atomic mass is 32.2. The molecular formula is C36H43N7O4S. The second-order valence-corrected chi connectivity index (χ2v) is 15.1. The lowest BCUT2D eigenvalue weighted by Crippen LogP contribution is -2.43. The van der Waals surface area contributed by atoms with Crippen LogP contribution in [0.1, 0.15) is 66.7 Å². The molecule has 1 amide bonds. The minimum absolute atomic E-state index is 0.0669. The van der Waals surface area contributed by atoms with Gasteiger partial charge >= 0.3 is 0 Å². The average Bonchev–Trinajstić information content (AvgIpc) is 3.87. The van der Waals surface area contributed by atoms with E-state index >= 15 is 0 Å². The lowest BCUT2D eigenvalue weighted by atomic mass is 10.00. The first kappa shape index (κ1) is 33.3. The molecule has 0 unspecified atom stereocenters. The van der Waals surface area contributed by atoms with E-state index in [1.54, 1.807) is 35.5 Å². The van der Waals surface area contributed by atoms with E-state index in [2.05, 4.69) is 38.4 Å².